The molecule has 0 saturated carbocycles. The fourth-order valence-corrected chi connectivity index (χ4v) is 5.06. The predicted molar refractivity (Wildman–Crippen MR) is 144 cm³/mol. The third-order valence-corrected chi connectivity index (χ3v) is 6.83. The molecule has 0 fully saturated rings. The molecule has 4 nitrogen and oxygen atoms in total. The fourth-order valence-electron chi connectivity index (χ4n) is 5.06. The van der Waals surface area contributed by atoms with Crippen LogP contribution in [0.15, 0.2) is 124 Å². The molecular weight excluding hydrogens is 430 g/mol. The van der Waals surface area contributed by atoms with Gasteiger partial charge in [-0.05, 0) is 29.5 Å². The van der Waals surface area contributed by atoms with Crippen molar-refractivity contribution in [2.24, 2.45) is 15.9 Å². The molecular formula is C31H23N3O. The van der Waals surface area contributed by atoms with Crippen LogP contribution in [0.2, 0.25) is 0 Å². The van der Waals surface area contributed by atoms with E-state index in [0.717, 1.165) is 56.5 Å². The molecule has 0 amide bonds. The van der Waals surface area contributed by atoms with E-state index in [1.54, 1.807) is 0 Å². The van der Waals surface area contributed by atoms with E-state index in [4.69, 9.17) is 14.4 Å². The van der Waals surface area contributed by atoms with Gasteiger partial charge in [-0.1, -0.05) is 97.1 Å². The van der Waals surface area contributed by atoms with E-state index >= 15 is 0 Å². The molecule has 1 N–H and O–H groups in total. The number of aliphatic imine (C=N–C) groups is 2. The first-order chi connectivity index (χ1) is 17.3. The van der Waals surface area contributed by atoms with Crippen LogP contribution in [0, 0.1) is 5.92 Å². The summed E-state index contributed by atoms with van der Waals surface area (Å²) in [5.74, 6) is 1.92. The topological polar surface area (TPSA) is 49.9 Å². The van der Waals surface area contributed by atoms with Crippen LogP contribution in [0.5, 0.6) is 0 Å². The minimum absolute atomic E-state index is 0.190. The zero-order chi connectivity index (χ0) is 23.2. The van der Waals surface area contributed by atoms with E-state index < -0.39 is 0 Å². The first-order valence-electron chi connectivity index (χ1n) is 12.0. The van der Waals surface area contributed by atoms with E-state index in [9.17, 15) is 0 Å². The standard InChI is InChI=1S/C31H23N3O/c1-3-11-21(12-4-1)29-32-30(22-13-5-2-6-14-22)34-31(33-29)26-17-9-16-24-25-19-18-20-10-7-8-15-23(20)27(25)35-28(24)26/h1-13,15-19,22,29H,14H2,(H,32,33,34). The van der Waals surface area contributed by atoms with Gasteiger partial charge in [-0.25, -0.2) is 9.98 Å². The average Bonchev–Trinajstić information content (AvgIpc) is 3.33. The van der Waals surface area contributed by atoms with Crippen LogP contribution < -0.4 is 5.32 Å². The lowest BCUT2D eigenvalue weighted by Crippen LogP contribution is -2.39. The van der Waals surface area contributed by atoms with Crippen molar-refractivity contribution in [3.8, 4) is 0 Å². The maximum absolute atomic E-state index is 6.59. The van der Waals surface area contributed by atoms with Gasteiger partial charge in [0, 0.05) is 22.1 Å². The highest BCUT2D eigenvalue weighted by molar-refractivity contribution is 6.21. The van der Waals surface area contributed by atoms with Crippen LogP contribution in [0.3, 0.4) is 0 Å². The van der Waals surface area contributed by atoms with Crippen molar-refractivity contribution < 1.29 is 4.42 Å². The number of nitrogens with zero attached hydrogens (tertiary/aromatic N) is 2. The zero-order valence-corrected chi connectivity index (χ0v) is 19.1. The van der Waals surface area contributed by atoms with Gasteiger partial charge >= 0.3 is 0 Å². The Hall–Kier alpha value is -4.44. The van der Waals surface area contributed by atoms with Gasteiger partial charge in [-0.15, -0.1) is 0 Å². The largest absolute Gasteiger partial charge is 0.455 e. The van der Waals surface area contributed by atoms with Gasteiger partial charge in [0.2, 0.25) is 0 Å². The Labute approximate surface area is 203 Å². The SMILES string of the molecule is C1=CCC(C2=NC(c3ccccc3)N=C(c3cccc4c3oc3c5ccccc5ccc43)N2)C=C1. The molecule has 35 heavy (non-hydrogen) atoms. The van der Waals surface area contributed by atoms with Crippen LogP contribution >= 0.6 is 0 Å². The molecule has 1 aliphatic heterocycles. The molecule has 168 valence electrons. The summed E-state index contributed by atoms with van der Waals surface area (Å²) in [4.78, 5) is 10.1. The summed E-state index contributed by atoms with van der Waals surface area (Å²) in [7, 11) is 0. The maximum Gasteiger partial charge on any atom is 0.169 e. The number of hydrogen-bond donors (Lipinski definition) is 1. The van der Waals surface area contributed by atoms with E-state index in [2.05, 4.69) is 96.4 Å². The van der Waals surface area contributed by atoms with Gasteiger partial charge in [-0.3, -0.25) is 0 Å². The fraction of sp³-hybridized carbons (Fsp3) is 0.0968. The van der Waals surface area contributed by atoms with Gasteiger partial charge in [0.25, 0.3) is 0 Å². The highest BCUT2D eigenvalue weighted by Crippen LogP contribution is 2.36. The number of fused-ring (bicyclic) bond motifs is 5. The van der Waals surface area contributed by atoms with Gasteiger partial charge < -0.3 is 9.73 Å². The number of para-hydroxylation sites is 1. The van der Waals surface area contributed by atoms with Crippen LogP contribution in [0.4, 0.5) is 0 Å². The van der Waals surface area contributed by atoms with Crippen molar-refractivity contribution in [2.45, 2.75) is 12.6 Å². The molecule has 5 aromatic rings. The highest BCUT2D eigenvalue weighted by atomic mass is 16.3. The molecule has 0 radical (unpaired) electrons. The molecule has 1 aromatic heterocycles. The minimum atomic E-state index is -0.303. The summed E-state index contributed by atoms with van der Waals surface area (Å²) in [5, 5.41) is 8.07. The summed E-state index contributed by atoms with van der Waals surface area (Å²) in [6.45, 7) is 0. The molecule has 7 rings (SSSR count). The number of benzene rings is 4. The Morgan fingerprint density at radius 2 is 1.54 bits per heavy atom. The van der Waals surface area contributed by atoms with Crippen molar-refractivity contribution in [3.05, 3.63) is 120 Å². The normalized spacial score (nSPS) is 19.7. The molecule has 4 aromatic carbocycles. The number of furan rings is 1. The number of amidine groups is 2. The highest BCUT2D eigenvalue weighted by Gasteiger charge is 2.26. The van der Waals surface area contributed by atoms with Crippen LogP contribution in [-0.2, 0) is 0 Å². The van der Waals surface area contributed by atoms with E-state index in [1.807, 2.05) is 18.2 Å². The molecule has 2 heterocycles. The third-order valence-electron chi connectivity index (χ3n) is 6.83. The smallest absolute Gasteiger partial charge is 0.169 e. The van der Waals surface area contributed by atoms with E-state index in [1.165, 1.54) is 5.39 Å². The van der Waals surface area contributed by atoms with E-state index in [-0.39, 0.29) is 12.1 Å². The Balaban J connectivity index is 1.41. The minimum Gasteiger partial charge on any atom is -0.455 e. The lowest BCUT2D eigenvalue weighted by molar-refractivity contribution is 0.670. The lowest BCUT2D eigenvalue weighted by Gasteiger charge is -2.26. The van der Waals surface area contributed by atoms with Crippen LogP contribution in [0.1, 0.15) is 23.7 Å². The summed E-state index contributed by atoms with van der Waals surface area (Å²) in [5.41, 5.74) is 3.78. The molecule has 0 bridgehead atoms. The number of allylic oxidation sites excluding steroid dienone is 3. The second-order valence-corrected chi connectivity index (χ2v) is 9.00. The molecule has 2 unspecified atom stereocenters. The number of hydrogen-bond acceptors (Lipinski definition) is 4. The summed E-state index contributed by atoms with van der Waals surface area (Å²) < 4.78 is 6.59. The van der Waals surface area contributed by atoms with Crippen molar-refractivity contribution in [2.75, 3.05) is 0 Å². The van der Waals surface area contributed by atoms with Crippen LogP contribution in [-0.4, -0.2) is 11.7 Å². The zero-order valence-electron chi connectivity index (χ0n) is 19.1. The molecule has 2 aliphatic rings. The first-order valence-corrected chi connectivity index (χ1v) is 12.0. The predicted octanol–water partition coefficient (Wildman–Crippen LogP) is 7.32. The van der Waals surface area contributed by atoms with Crippen molar-refractivity contribution in [3.63, 3.8) is 0 Å². The van der Waals surface area contributed by atoms with Crippen molar-refractivity contribution in [1.82, 2.24) is 5.32 Å². The Kier molecular flexibility index (Phi) is 4.62. The van der Waals surface area contributed by atoms with Gasteiger partial charge in [-0.2, -0.15) is 0 Å². The van der Waals surface area contributed by atoms with Crippen molar-refractivity contribution >= 4 is 44.4 Å². The molecule has 0 saturated heterocycles. The third kappa shape index (κ3) is 3.38. The van der Waals surface area contributed by atoms with E-state index in [0.29, 0.717) is 0 Å². The Morgan fingerprint density at radius 3 is 2.43 bits per heavy atom. The van der Waals surface area contributed by atoms with Gasteiger partial charge in [0.1, 0.15) is 22.8 Å². The Morgan fingerprint density at radius 1 is 0.714 bits per heavy atom. The number of nitrogens with one attached hydrogen (secondary N) is 1. The molecule has 4 heteroatoms. The van der Waals surface area contributed by atoms with Gasteiger partial charge in [0.05, 0.1) is 5.56 Å². The first kappa shape index (κ1) is 20.0. The second kappa shape index (κ2) is 8.10. The quantitative estimate of drug-likeness (QED) is 0.311. The molecule has 1 aliphatic carbocycles. The van der Waals surface area contributed by atoms with Crippen molar-refractivity contribution in [1.29, 1.82) is 0 Å². The summed E-state index contributed by atoms with van der Waals surface area (Å²) >= 11 is 0. The molecule has 0 spiro atoms. The maximum atomic E-state index is 6.59. The average molecular weight is 454 g/mol. The number of rotatable bonds is 3. The summed E-state index contributed by atoms with van der Waals surface area (Å²) in [6.07, 6.45) is 9.17. The monoisotopic (exact) mass is 453 g/mol. The Bertz CT molecular complexity index is 1710. The van der Waals surface area contributed by atoms with Gasteiger partial charge in [0.15, 0.2) is 6.17 Å². The second-order valence-electron chi connectivity index (χ2n) is 9.00. The van der Waals surface area contributed by atoms with Crippen LogP contribution in [0.25, 0.3) is 32.7 Å². The summed E-state index contributed by atoms with van der Waals surface area (Å²) in [6, 6.07) is 29.2. The lowest BCUT2D eigenvalue weighted by atomic mass is 9.98. The molecule has 2 atom stereocenters.